The number of nitrogens with one attached hydrogen (secondary N) is 2. The summed E-state index contributed by atoms with van der Waals surface area (Å²) in [4.78, 5) is 25.3. The van der Waals surface area contributed by atoms with Gasteiger partial charge in [0.25, 0.3) is 5.91 Å². The molecule has 2 rings (SSSR count). The minimum absolute atomic E-state index is 0.00622. The summed E-state index contributed by atoms with van der Waals surface area (Å²) < 4.78 is 0. The van der Waals surface area contributed by atoms with Crippen molar-refractivity contribution >= 4 is 11.8 Å². The molecule has 1 aliphatic rings. The molecule has 1 fully saturated rings. The molecule has 2 atom stereocenters. The van der Waals surface area contributed by atoms with Gasteiger partial charge in [-0.2, -0.15) is 0 Å². The lowest BCUT2D eigenvalue weighted by atomic mass is 9.86. The molecule has 0 saturated heterocycles. The minimum Gasteiger partial charge on any atom is -0.350 e. The summed E-state index contributed by atoms with van der Waals surface area (Å²) in [7, 11) is 0. The first-order valence-electron chi connectivity index (χ1n) is 9.55. The van der Waals surface area contributed by atoms with Gasteiger partial charge >= 0.3 is 0 Å². The molecule has 0 radical (unpaired) electrons. The normalized spacial score (nSPS) is 16.9. The summed E-state index contributed by atoms with van der Waals surface area (Å²) >= 11 is 0. The Morgan fingerprint density at radius 2 is 1.69 bits per heavy atom. The van der Waals surface area contributed by atoms with E-state index in [9.17, 15) is 9.59 Å². The lowest BCUT2D eigenvalue weighted by Gasteiger charge is -2.25. The van der Waals surface area contributed by atoms with Gasteiger partial charge in [-0.3, -0.25) is 9.59 Å². The second-order valence-corrected chi connectivity index (χ2v) is 8.71. The van der Waals surface area contributed by atoms with Crippen molar-refractivity contribution < 1.29 is 9.59 Å². The van der Waals surface area contributed by atoms with E-state index in [1.165, 1.54) is 5.56 Å². The Balaban J connectivity index is 2.04. The van der Waals surface area contributed by atoms with Crippen LogP contribution in [0.3, 0.4) is 0 Å². The molecule has 2 amide bonds. The molecule has 0 aliphatic heterocycles. The molecule has 1 saturated carbocycles. The summed E-state index contributed by atoms with van der Waals surface area (Å²) in [5.74, 6) is 0.0971. The van der Waals surface area contributed by atoms with Crippen LogP contribution in [0.1, 0.15) is 63.4 Å². The maximum Gasteiger partial charge on any atom is 0.251 e. The molecule has 26 heavy (non-hydrogen) atoms. The van der Waals surface area contributed by atoms with E-state index in [-0.39, 0.29) is 29.2 Å². The van der Waals surface area contributed by atoms with Crippen LogP contribution in [0, 0.1) is 11.8 Å². The van der Waals surface area contributed by atoms with Gasteiger partial charge in [0, 0.05) is 18.2 Å². The number of rotatable bonds is 7. The molecule has 144 valence electrons. The third-order valence-corrected chi connectivity index (χ3v) is 5.02. The first-order valence-corrected chi connectivity index (χ1v) is 9.55. The Hall–Kier alpha value is -1.88. The number of carbonyl (C=O) groups excluding carboxylic acids is 2. The van der Waals surface area contributed by atoms with E-state index in [1.54, 1.807) is 0 Å². The smallest absolute Gasteiger partial charge is 0.251 e. The zero-order valence-corrected chi connectivity index (χ0v) is 16.6. The van der Waals surface area contributed by atoms with E-state index in [1.807, 2.05) is 38.1 Å². The first kappa shape index (κ1) is 20.4. The molecule has 0 aromatic heterocycles. The maximum absolute atomic E-state index is 12.7. The van der Waals surface area contributed by atoms with Crippen molar-refractivity contribution in [2.75, 3.05) is 6.54 Å². The van der Waals surface area contributed by atoms with E-state index < -0.39 is 6.04 Å². The molecule has 2 unspecified atom stereocenters. The van der Waals surface area contributed by atoms with Gasteiger partial charge in [-0.15, -0.1) is 0 Å². The van der Waals surface area contributed by atoms with Gasteiger partial charge in [-0.1, -0.05) is 46.8 Å². The second-order valence-electron chi connectivity index (χ2n) is 8.71. The second kappa shape index (κ2) is 8.21. The Morgan fingerprint density at radius 1 is 1.12 bits per heavy atom. The van der Waals surface area contributed by atoms with Crippen molar-refractivity contribution in [2.24, 2.45) is 17.6 Å². The van der Waals surface area contributed by atoms with Crippen LogP contribution >= 0.6 is 0 Å². The van der Waals surface area contributed by atoms with Crippen LogP contribution in [-0.2, 0) is 10.2 Å². The van der Waals surface area contributed by atoms with Crippen LogP contribution in [0.25, 0.3) is 0 Å². The Kier molecular flexibility index (Phi) is 6.45. The number of nitrogens with two attached hydrogens (primary N) is 1. The Bertz CT molecular complexity index is 628. The predicted molar refractivity (Wildman–Crippen MR) is 105 cm³/mol. The van der Waals surface area contributed by atoms with Crippen molar-refractivity contribution in [3.05, 3.63) is 35.4 Å². The van der Waals surface area contributed by atoms with Crippen molar-refractivity contribution in [1.29, 1.82) is 0 Å². The summed E-state index contributed by atoms with van der Waals surface area (Å²) in [6, 6.07) is 7.01. The van der Waals surface area contributed by atoms with Crippen LogP contribution in [0.5, 0.6) is 0 Å². The van der Waals surface area contributed by atoms with Crippen LogP contribution in [0.2, 0.25) is 0 Å². The highest BCUT2D eigenvalue weighted by atomic mass is 16.2. The third kappa shape index (κ3) is 5.31. The summed E-state index contributed by atoms with van der Waals surface area (Å²) in [6.07, 6.45) is 2.22. The fraction of sp³-hybridized carbons (Fsp3) is 0.619. The average molecular weight is 360 g/mol. The van der Waals surface area contributed by atoms with Crippen molar-refractivity contribution in [3.8, 4) is 0 Å². The van der Waals surface area contributed by atoms with Gasteiger partial charge in [0.1, 0.15) is 6.04 Å². The number of carbonyl (C=O) groups is 2. The molecule has 1 aromatic carbocycles. The molecule has 4 N–H and O–H groups in total. The molecule has 1 aliphatic carbocycles. The van der Waals surface area contributed by atoms with Gasteiger partial charge in [-0.05, 0) is 47.8 Å². The zero-order valence-electron chi connectivity index (χ0n) is 16.6. The first-order chi connectivity index (χ1) is 12.1. The molecule has 5 nitrogen and oxygen atoms in total. The van der Waals surface area contributed by atoms with Crippen molar-refractivity contribution in [2.45, 2.75) is 65.0 Å². The zero-order chi connectivity index (χ0) is 19.5. The number of amides is 2. The largest absolute Gasteiger partial charge is 0.350 e. The standard InChI is InChI=1S/C21H33N3O2/c1-13(2)18(20(26)23-17(12-22)14-6-7-14)24-19(25)15-8-10-16(11-9-15)21(3,4)5/h8-11,13-14,17-18H,6-7,12,22H2,1-5H3,(H,23,26)(H,24,25). The highest BCUT2D eigenvalue weighted by Gasteiger charge is 2.34. The molecule has 0 spiro atoms. The van der Waals surface area contributed by atoms with E-state index in [2.05, 4.69) is 31.4 Å². The van der Waals surface area contributed by atoms with Crippen molar-refractivity contribution in [3.63, 3.8) is 0 Å². The fourth-order valence-corrected chi connectivity index (χ4v) is 3.02. The van der Waals surface area contributed by atoms with E-state index in [0.29, 0.717) is 18.0 Å². The molecule has 0 heterocycles. The topological polar surface area (TPSA) is 84.2 Å². The summed E-state index contributed by atoms with van der Waals surface area (Å²) in [6.45, 7) is 10.7. The highest BCUT2D eigenvalue weighted by Crippen LogP contribution is 2.32. The van der Waals surface area contributed by atoms with Crippen LogP contribution in [0.15, 0.2) is 24.3 Å². The Labute approximate surface area is 157 Å². The van der Waals surface area contributed by atoms with Gasteiger partial charge in [0.15, 0.2) is 0 Å². The summed E-state index contributed by atoms with van der Waals surface area (Å²) in [5, 5.41) is 5.90. The monoisotopic (exact) mass is 359 g/mol. The van der Waals surface area contributed by atoms with Gasteiger partial charge in [0.05, 0.1) is 0 Å². The number of hydrogen-bond acceptors (Lipinski definition) is 3. The molecular formula is C21H33N3O2. The molecule has 0 bridgehead atoms. The predicted octanol–water partition coefficient (Wildman–Crippen LogP) is 2.59. The average Bonchev–Trinajstić information content (AvgIpc) is 3.41. The van der Waals surface area contributed by atoms with Gasteiger partial charge in [0.2, 0.25) is 5.91 Å². The lowest BCUT2D eigenvalue weighted by Crippen LogP contribution is -2.54. The molecular weight excluding hydrogens is 326 g/mol. The van der Waals surface area contributed by atoms with E-state index >= 15 is 0 Å². The summed E-state index contributed by atoms with van der Waals surface area (Å²) in [5.41, 5.74) is 7.55. The van der Waals surface area contributed by atoms with E-state index in [4.69, 9.17) is 5.73 Å². The lowest BCUT2D eigenvalue weighted by molar-refractivity contribution is -0.124. The molecule has 5 heteroatoms. The maximum atomic E-state index is 12.7. The third-order valence-electron chi connectivity index (χ3n) is 5.02. The number of hydrogen-bond donors (Lipinski definition) is 3. The van der Waals surface area contributed by atoms with Crippen LogP contribution < -0.4 is 16.4 Å². The molecule has 1 aromatic rings. The SMILES string of the molecule is CC(C)C(NC(=O)c1ccc(C(C)(C)C)cc1)C(=O)NC(CN)C1CC1. The fourth-order valence-electron chi connectivity index (χ4n) is 3.02. The minimum atomic E-state index is -0.572. The highest BCUT2D eigenvalue weighted by molar-refractivity contribution is 5.97. The Morgan fingerprint density at radius 3 is 2.12 bits per heavy atom. The van der Waals surface area contributed by atoms with Crippen LogP contribution in [0.4, 0.5) is 0 Å². The van der Waals surface area contributed by atoms with Gasteiger partial charge in [-0.25, -0.2) is 0 Å². The van der Waals surface area contributed by atoms with Crippen molar-refractivity contribution in [1.82, 2.24) is 10.6 Å². The quantitative estimate of drug-likeness (QED) is 0.699. The van der Waals surface area contributed by atoms with Gasteiger partial charge < -0.3 is 16.4 Å². The van der Waals surface area contributed by atoms with E-state index in [0.717, 1.165) is 12.8 Å². The van der Waals surface area contributed by atoms with Crippen LogP contribution in [-0.4, -0.2) is 30.4 Å². The number of benzene rings is 1.